The molecule has 4 nitrogen and oxygen atoms in total. The Labute approximate surface area is 119 Å². The largest absolute Gasteiger partial charge is 0.302 e. The van der Waals surface area contributed by atoms with E-state index in [4.69, 9.17) is 0 Å². The lowest BCUT2D eigenvalue weighted by Gasteiger charge is -1.99. The van der Waals surface area contributed by atoms with Gasteiger partial charge in [0.1, 0.15) is 0 Å². The lowest BCUT2D eigenvalue weighted by atomic mass is 10.3. The van der Waals surface area contributed by atoms with E-state index in [1.807, 2.05) is 19.2 Å². The van der Waals surface area contributed by atoms with Crippen LogP contribution in [0, 0.1) is 19.8 Å². The van der Waals surface area contributed by atoms with Gasteiger partial charge < -0.3 is 5.32 Å². The van der Waals surface area contributed by atoms with Gasteiger partial charge in [-0.25, -0.2) is 9.97 Å². The molecule has 0 spiro atoms. The van der Waals surface area contributed by atoms with Crippen LogP contribution in [-0.2, 0) is 4.79 Å². The van der Waals surface area contributed by atoms with Crippen molar-refractivity contribution < 1.29 is 4.79 Å². The molecule has 19 heavy (non-hydrogen) atoms. The van der Waals surface area contributed by atoms with Crippen LogP contribution in [0.1, 0.15) is 30.0 Å². The number of hydrogen-bond donors (Lipinski definition) is 1. The van der Waals surface area contributed by atoms with Crippen LogP contribution in [-0.4, -0.2) is 15.9 Å². The van der Waals surface area contributed by atoms with Crippen molar-refractivity contribution >= 4 is 33.7 Å². The van der Waals surface area contributed by atoms with Gasteiger partial charge >= 0.3 is 0 Å². The maximum atomic E-state index is 11.7. The standard InChI is InChI=1S/C13H15N3OS2/c1-7-12(19-8(2)14-7)10-6-18-13(15-10)16-11(17)5-9-3-4-9/h6,9H,3-5H2,1-2H3,(H,15,16,17). The van der Waals surface area contributed by atoms with E-state index in [0.29, 0.717) is 17.5 Å². The van der Waals surface area contributed by atoms with Crippen molar-refractivity contribution in [1.82, 2.24) is 9.97 Å². The molecule has 0 atom stereocenters. The predicted molar refractivity (Wildman–Crippen MR) is 78.7 cm³/mol. The lowest BCUT2D eigenvalue weighted by molar-refractivity contribution is -0.116. The van der Waals surface area contributed by atoms with Crippen molar-refractivity contribution in [3.8, 4) is 10.6 Å². The van der Waals surface area contributed by atoms with Gasteiger partial charge in [-0.15, -0.1) is 22.7 Å². The number of rotatable bonds is 4. The van der Waals surface area contributed by atoms with Crippen LogP contribution in [0.4, 0.5) is 5.13 Å². The lowest BCUT2D eigenvalue weighted by Crippen LogP contribution is -2.11. The van der Waals surface area contributed by atoms with E-state index in [1.165, 1.54) is 24.2 Å². The first-order valence-corrected chi connectivity index (χ1v) is 8.01. The van der Waals surface area contributed by atoms with E-state index < -0.39 is 0 Å². The number of nitrogens with zero attached hydrogens (tertiary/aromatic N) is 2. The molecule has 0 unspecified atom stereocenters. The second-order valence-electron chi connectivity index (χ2n) is 4.88. The first-order valence-electron chi connectivity index (χ1n) is 6.31. The Morgan fingerprint density at radius 1 is 1.42 bits per heavy atom. The summed E-state index contributed by atoms with van der Waals surface area (Å²) in [5.41, 5.74) is 1.92. The smallest absolute Gasteiger partial charge is 0.226 e. The van der Waals surface area contributed by atoms with Crippen LogP contribution in [0.15, 0.2) is 5.38 Å². The molecule has 1 aliphatic rings. The minimum atomic E-state index is 0.0839. The Morgan fingerprint density at radius 2 is 2.21 bits per heavy atom. The molecule has 0 bridgehead atoms. The van der Waals surface area contributed by atoms with Crippen molar-refractivity contribution in [2.75, 3.05) is 5.32 Å². The number of anilines is 1. The summed E-state index contributed by atoms with van der Waals surface area (Å²) in [6, 6.07) is 0. The minimum Gasteiger partial charge on any atom is -0.302 e. The number of carbonyl (C=O) groups is 1. The Hall–Kier alpha value is -1.27. The second-order valence-corrected chi connectivity index (χ2v) is 6.94. The zero-order valence-corrected chi connectivity index (χ0v) is 12.5. The summed E-state index contributed by atoms with van der Waals surface area (Å²) in [6.07, 6.45) is 3.01. The average molecular weight is 293 g/mol. The van der Waals surface area contributed by atoms with Crippen molar-refractivity contribution in [3.05, 3.63) is 16.1 Å². The number of carbonyl (C=O) groups excluding carboxylic acids is 1. The molecule has 0 saturated heterocycles. The van der Waals surface area contributed by atoms with Crippen molar-refractivity contribution in [3.63, 3.8) is 0 Å². The number of aromatic nitrogens is 2. The first-order chi connectivity index (χ1) is 9.11. The first kappa shape index (κ1) is 12.7. The number of hydrogen-bond acceptors (Lipinski definition) is 5. The van der Waals surface area contributed by atoms with Gasteiger partial charge in [0.2, 0.25) is 5.91 Å². The molecule has 2 heterocycles. The third-order valence-corrected chi connectivity index (χ3v) is 4.91. The molecule has 2 aromatic heterocycles. The molecule has 1 saturated carbocycles. The highest BCUT2D eigenvalue weighted by molar-refractivity contribution is 7.16. The summed E-state index contributed by atoms with van der Waals surface area (Å²) in [5.74, 6) is 0.687. The van der Waals surface area contributed by atoms with Crippen LogP contribution >= 0.6 is 22.7 Å². The average Bonchev–Trinajstić information content (AvgIpc) is 2.91. The van der Waals surface area contributed by atoms with Gasteiger partial charge in [0.25, 0.3) is 0 Å². The van der Waals surface area contributed by atoms with Gasteiger partial charge in [-0.1, -0.05) is 0 Å². The summed E-state index contributed by atoms with van der Waals surface area (Å²) in [4.78, 5) is 21.7. The topological polar surface area (TPSA) is 54.9 Å². The zero-order valence-electron chi connectivity index (χ0n) is 10.9. The highest BCUT2D eigenvalue weighted by Gasteiger charge is 2.24. The molecule has 2 aromatic rings. The van der Waals surface area contributed by atoms with Crippen molar-refractivity contribution in [2.45, 2.75) is 33.1 Å². The van der Waals surface area contributed by atoms with E-state index in [1.54, 1.807) is 11.3 Å². The molecule has 6 heteroatoms. The quantitative estimate of drug-likeness (QED) is 0.936. The minimum absolute atomic E-state index is 0.0839. The Kier molecular flexibility index (Phi) is 3.36. The molecular formula is C13H15N3OS2. The van der Waals surface area contributed by atoms with E-state index >= 15 is 0 Å². The van der Waals surface area contributed by atoms with Crippen molar-refractivity contribution in [2.24, 2.45) is 5.92 Å². The van der Waals surface area contributed by atoms with Crippen LogP contribution in [0.2, 0.25) is 0 Å². The fourth-order valence-corrected chi connectivity index (χ4v) is 3.63. The molecule has 1 amide bonds. The van der Waals surface area contributed by atoms with Gasteiger partial charge in [0.05, 0.1) is 21.3 Å². The third-order valence-electron chi connectivity index (χ3n) is 3.06. The number of nitrogens with one attached hydrogen (secondary N) is 1. The summed E-state index contributed by atoms with van der Waals surface area (Å²) < 4.78 is 0. The molecule has 0 radical (unpaired) electrons. The van der Waals surface area contributed by atoms with E-state index in [0.717, 1.165) is 21.3 Å². The zero-order chi connectivity index (χ0) is 13.4. The number of thiazole rings is 2. The normalized spacial score (nSPS) is 14.6. The van der Waals surface area contributed by atoms with Gasteiger partial charge in [0.15, 0.2) is 5.13 Å². The SMILES string of the molecule is Cc1nc(C)c(-c2csc(NC(=O)CC3CC3)n2)s1. The van der Waals surface area contributed by atoms with Gasteiger partial charge in [-0.2, -0.15) is 0 Å². The Bertz CT molecular complexity index is 613. The summed E-state index contributed by atoms with van der Waals surface area (Å²) in [5, 5.41) is 6.59. The summed E-state index contributed by atoms with van der Waals surface area (Å²) in [6.45, 7) is 3.98. The molecule has 1 aliphatic carbocycles. The predicted octanol–water partition coefficient (Wildman–Crippen LogP) is 3.62. The molecular weight excluding hydrogens is 278 g/mol. The Morgan fingerprint density at radius 3 is 2.84 bits per heavy atom. The molecule has 100 valence electrons. The number of aryl methyl sites for hydroxylation is 2. The molecule has 1 N–H and O–H groups in total. The summed E-state index contributed by atoms with van der Waals surface area (Å²) in [7, 11) is 0. The second kappa shape index (κ2) is 5.02. The van der Waals surface area contributed by atoms with Gasteiger partial charge in [-0.05, 0) is 32.6 Å². The van der Waals surface area contributed by atoms with Crippen LogP contribution in [0.25, 0.3) is 10.6 Å². The van der Waals surface area contributed by atoms with Gasteiger partial charge in [-0.3, -0.25) is 4.79 Å². The maximum absolute atomic E-state index is 11.7. The van der Waals surface area contributed by atoms with Crippen LogP contribution < -0.4 is 5.32 Å². The van der Waals surface area contributed by atoms with E-state index in [2.05, 4.69) is 15.3 Å². The highest BCUT2D eigenvalue weighted by atomic mass is 32.1. The molecule has 0 aromatic carbocycles. The molecule has 3 rings (SSSR count). The van der Waals surface area contributed by atoms with Crippen molar-refractivity contribution in [1.29, 1.82) is 0 Å². The third kappa shape index (κ3) is 3.01. The van der Waals surface area contributed by atoms with Crippen LogP contribution in [0.3, 0.4) is 0 Å². The maximum Gasteiger partial charge on any atom is 0.226 e. The molecule has 0 aliphatic heterocycles. The number of amides is 1. The Balaban J connectivity index is 1.71. The fraction of sp³-hybridized carbons (Fsp3) is 0.462. The highest BCUT2D eigenvalue weighted by Crippen LogP contribution is 2.34. The summed E-state index contributed by atoms with van der Waals surface area (Å²) >= 11 is 3.11. The fourth-order valence-electron chi connectivity index (χ4n) is 1.96. The van der Waals surface area contributed by atoms with Gasteiger partial charge in [0, 0.05) is 11.8 Å². The van der Waals surface area contributed by atoms with E-state index in [9.17, 15) is 4.79 Å². The molecule has 1 fully saturated rings. The van der Waals surface area contributed by atoms with Crippen LogP contribution in [0.5, 0.6) is 0 Å². The monoisotopic (exact) mass is 293 g/mol. The van der Waals surface area contributed by atoms with E-state index in [-0.39, 0.29) is 5.91 Å².